The van der Waals surface area contributed by atoms with Crippen molar-refractivity contribution in [2.45, 2.75) is 89.3 Å². The molecule has 0 spiro atoms. The Labute approximate surface area is 128 Å². The quantitative estimate of drug-likeness (QED) is 0.584. The second-order valence-electron chi connectivity index (χ2n) is 8.43. The van der Waals surface area contributed by atoms with E-state index in [9.17, 15) is 5.21 Å². The molecule has 21 heavy (non-hydrogen) atoms. The van der Waals surface area contributed by atoms with E-state index >= 15 is 0 Å². The summed E-state index contributed by atoms with van der Waals surface area (Å²) in [5.74, 6) is 2.95. The van der Waals surface area contributed by atoms with Crippen molar-refractivity contribution in [2.24, 2.45) is 22.9 Å². The maximum absolute atomic E-state index is 9.17. The molecule has 0 amide bonds. The van der Waals surface area contributed by atoms with Gasteiger partial charge in [0, 0.05) is 31.0 Å². The van der Waals surface area contributed by atoms with Gasteiger partial charge in [0.25, 0.3) is 0 Å². The number of nitrogens with zero attached hydrogens (tertiary/aromatic N) is 2. The molecule has 0 aromatic heterocycles. The molecule has 3 heteroatoms. The number of fused-ring (bicyclic) bond motifs is 4. The number of hydrogen-bond acceptors (Lipinski definition) is 3. The van der Waals surface area contributed by atoms with Gasteiger partial charge in [-0.25, -0.2) is 0 Å². The summed E-state index contributed by atoms with van der Waals surface area (Å²) in [4.78, 5) is 2.90. The van der Waals surface area contributed by atoms with Crippen LogP contribution < -0.4 is 0 Å². The molecular formula is C18H30N2O. The summed E-state index contributed by atoms with van der Waals surface area (Å²) >= 11 is 0. The van der Waals surface area contributed by atoms with Crippen LogP contribution in [0.4, 0.5) is 0 Å². The van der Waals surface area contributed by atoms with Crippen molar-refractivity contribution in [3.63, 3.8) is 0 Å². The highest BCUT2D eigenvalue weighted by molar-refractivity contribution is 5.86. The molecule has 2 heterocycles. The van der Waals surface area contributed by atoms with Crippen molar-refractivity contribution in [3.05, 3.63) is 0 Å². The second-order valence-corrected chi connectivity index (χ2v) is 8.43. The molecular weight excluding hydrogens is 260 g/mol. The van der Waals surface area contributed by atoms with Gasteiger partial charge in [0.15, 0.2) is 0 Å². The highest BCUT2D eigenvalue weighted by atomic mass is 16.4. The van der Waals surface area contributed by atoms with E-state index in [1.165, 1.54) is 51.4 Å². The lowest BCUT2D eigenvalue weighted by Gasteiger charge is -2.54. The van der Waals surface area contributed by atoms with E-state index < -0.39 is 0 Å². The van der Waals surface area contributed by atoms with E-state index in [0.717, 1.165) is 42.3 Å². The van der Waals surface area contributed by atoms with Crippen LogP contribution in [0.3, 0.4) is 0 Å². The van der Waals surface area contributed by atoms with Crippen molar-refractivity contribution in [2.75, 3.05) is 0 Å². The number of oxime groups is 1. The van der Waals surface area contributed by atoms with Crippen LogP contribution in [-0.2, 0) is 0 Å². The highest BCUT2D eigenvalue weighted by Gasteiger charge is 2.44. The largest absolute Gasteiger partial charge is 0.411 e. The highest BCUT2D eigenvalue weighted by Crippen LogP contribution is 2.46. The Balaban J connectivity index is 1.51. The van der Waals surface area contributed by atoms with Crippen molar-refractivity contribution in [1.29, 1.82) is 0 Å². The van der Waals surface area contributed by atoms with Crippen molar-refractivity contribution in [3.8, 4) is 0 Å². The van der Waals surface area contributed by atoms with Crippen LogP contribution in [0.1, 0.15) is 71.1 Å². The average Bonchev–Trinajstić information content (AvgIpc) is 2.44. The zero-order chi connectivity index (χ0) is 14.4. The molecule has 118 valence electrons. The molecule has 1 N–H and O–H groups in total. The Morgan fingerprint density at radius 2 is 1.52 bits per heavy atom. The number of rotatable bonds is 1. The standard InChI is InChI=1S/C18H30N2O/c1-12-5-13-7-14(6-12)9-18(8-13)20-16-3-2-4-17(20)11-15(10-16)19-21/h12-14,16-18,21H,2-11H2,1H3/t12?,13-,14+,16-,17+,18?. The van der Waals surface area contributed by atoms with E-state index in [1.54, 1.807) is 0 Å². The van der Waals surface area contributed by atoms with E-state index in [-0.39, 0.29) is 0 Å². The zero-order valence-corrected chi connectivity index (χ0v) is 13.4. The van der Waals surface area contributed by atoms with E-state index in [4.69, 9.17) is 0 Å². The van der Waals surface area contributed by atoms with Gasteiger partial charge in [-0.05, 0) is 62.7 Å². The van der Waals surface area contributed by atoms with Crippen LogP contribution in [-0.4, -0.2) is 33.9 Å². The smallest absolute Gasteiger partial charge is 0.0601 e. The first-order valence-electron chi connectivity index (χ1n) is 9.20. The molecule has 4 rings (SSSR count). The fourth-order valence-electron chi connectivity index (χ4n) is 6.30. The lowest BCUT2D eigenvalue weighted by molar-refractivity contribution is -0.0212. The molecule has 2 saturated heterocycles. The summed E-state index contributed by atoms with van der Waals surface area (Å²) in [6, 6.07) is 2.17. The van der Waals surface area contributed by atoms with Gasteiger partial charge in [0.05, 0.1) is 5.71 Å². The molecule has 4 bridgehead atoms. The van der Waals surface area contributed by atoms with Crippen LogP contribution in [0, 0.1) is 17.8 Å². The van der Waals surface area contributed by atoms with Crippen molar-refractivity contribution in [1.82, 2.24) is 4.90 Å². The first kappa shape index (κ1) is 14.0. The first-order chi connectivity index (χ1) is 10.2. The summed E-state index contributed by atoms with van der Waals surface area (Å²) in [5.41, 5.74) is 1.06. The van der Waals surface area contributed by atoms with Crippen LogP contribution >= 0.6 is 0 Å². The van der Waals surface area contributed by atoms with Crippen LogP contribution in [0.5, 0.6) is 0 Å². The van der Waals surface area contributed by atoms with Crippen LogP contribution in [0.25, 0.3) is 0 Å². The molecule has 6 atom stereocenters. The molecule has 2 saturated carbocycles. The average molecular weight is 290 g/mol. The van der Waals surface area contributed by atoms with Crippen molar-refractivity contribution < 1.29 is 5.21 Å². The van der Waals surface area contributed by atoms with E-state index in [1.807, 2.05) is 0 Å². The molecule has 3 nitrogen and oxygen atoms in total. The van der Waals surface area contributed by atoms with Crippen LogP contribution in [0.2, 0.25) is 0 Å². The minimum atomic E-state index is 0.671. The fraction of sp³-hybridized carbons (Fsp3) is 0.944. The van der Waals surface area contributed by atoms with Gasteiger partial charge in [0.1, 0.15) is 0 Å². The maximum atomic E-state index is 9.17. The predicted octanol–water partition coefficient (Wildman–Crippen LogP) is 4.05. The second kappa shape index (κ2) is 5.57. The van der Waals surface area contributed by atoms with Gasteiger partial charge >= 0.3 is 0 Å². The third-order valence-electron chi connectivity index (χ3n) is 6.77. The van der Waals surface area contributed by atoms with E-state index in [2.05, 4.69) is 17.0 Å². The lowest BCUT2D eigenvalue weighted by atomic mass is 9.65. The Morgan fingerprint density at radius 1 is 0.905 bits per heavy atom. The molecule has 2 aliphatic carbocycles. The van der Waals surface area contributed by atoms with Gasteiger partial charge in [0.2, 0.25) is 0 Å². The van der Waals surface area contributed by atoms with E-state index in [0.29, 0.717) is 12.1 Å². The molecule has 0 aromatic rings. The summed E-state index contributed by atoms with van der Waals surface area (Å²) in [6.45, 7) is 2.46. The Bertz CT molecular complexity index is 387. The molecule has 2 unspecified atom stereocenters. The third kappa shape index (κ3) is 2.62. The van der Waals surface area contributed by atoms with Gasteiger partial charge in [-0.3, -0.25) is 4.90 Å². The lowest BCUT2D eigenvalue weighted by Crippen LogP contribution is -2.58. The maximum Gasteiger partial charge on any atom is 0.0601 e. The van der Waals surface area contributed by atoms with Crippen molar-refractivity contribution >= 4 is 5.71 Å². The van der Waals surface area contributed by atoms with Gasteiger partial charge < -0.3 is 5.21 Å². The SMILES string of the molecule is CC1C[C@@H]2CC(N3[C@@H]4CCC[C@H]3CC(=NO)C4)C[C@H](C1)C2. The third-order valence-corrected chi connectivity index (χ3v) is 6.77. The monoisotopic (exact) mass is 290 g/mol. The van der Waals surface area contributed by atoms with Crippen LogP contribution in [0.15, 0.2) is 5.16 Å². The fourth-order valence-corrected chi connectivity index (χ4v) is 6.30. The Morgan fingerprint density at radius 3 is 2.10 bits per heavy atom. The Hall–Kier alpha value is -0.570. The normalized spacial score (nSPS) is 49.3. The topological polar surface area (TPSA) is 35.8 Å². The predicted molar refractivity (Wildman–Crippen MR) is 84.7 cm³/mol. The first-order valence-corrected chi connectivity index (χ1v) is 9.20. The Kier molecular flexibility index (Phi) is 3.72. The molecule has 0 radical (unpaired) electrons. The summed E-state index contributed by atoms with van der Waals surface area (Å²) in [6.07, 6.45) is 13.4. The molecule has 4 aliphatic rings. The summed E-state index contributed by atoms with van der Waals surface area (Å²) in [5, 5.41) is 12.7. The summed E-state index contributed by atoms with van der Waals surface area (Å²) < 4.78 is 0. The molecule has 4 fully saturated rings. The zero-order valence-electron chi connectivity index (χ0n) is 13.4. The number of piperidine rings is 2. The molecule has 2 aliphatic heterocycles. The van der Waals surface area contributed by atoms with Gasteiger partial charge in [-0.2, -0.15) is 0 Å². The number of hydrogen-bond donors (Lipinski definition) is 1. The minimum absolute atomic E-state index is 0.671. The van der Waals surface area contributed by atoms with Gasteiger partial charge in [-0.15, -0.1) is 0 Å². The minimum Gasteiger partial charge on any atom is -0.411 e. The summed E-state index contributed by atoms with van der Waals surface area (Å²) in [7, 11) is 0. The van der Waals surface area contributed by atoms with Gasteiger partial charge in [-0.1, -0.05) is 18.5 Å². The molecule has 0 aromatic carbocycles.